The lowest BCUT2D eigenvalue weighted by molar-refractivity contribution is 0.462. The fourth-order valence-corrected chi connectivity index (χ4v) is 12.3. The molecule has 0 saturated carbocycles. The molecule has 0 bridgehead atoms. The van der Waals surface area contributed by atoms with Gasteiger partial charge in [0.15, 0.2) is 0 Å². The van der Waals surface area contributed by atoms with E-state index in [0.717, 1.165) is 80.0 Å². The molecule has 0 aliphatic heterocycles. The predicted molar refractivity (Wildman–Crippen MR) is 236 cm³/mol. The molecule has 0 N–H and O–H groups in total. The second kappa shape index (κ2) is 17.5. The Labute approximate surface area is 334 Å². The Balaban J connectivity index is 1.27. The molecule has 0 fully saturated rings. The van der Waals surface area contributed by atoms with Gasteiger partial charge in [-0.3, -0.25) is 0 Å². The number of fused-ring (bicyclic) bond motifs is 4. The van der Waals surface area contributed by atoms with Gasteiger partial charge in [0.1, 0.15) is 22.1 Å². The first-order valence-corrected chi connectivity index (χ1v) is 23.5. The highest BCUT2D eigenvalue weighted by Gasteiger charge is 2.26. The highest BCUT2D eigenvalue weighted by Crippen LogP contribution is 2.48. The van der Waals surface area contributed by atoms with Gasteiger partial charge in [-0.15, -0.1) is 45.3 Å². The zero-order valence-corrected chi connectivity index (χ0v) is 35.9. The normalized spacial score (nSPS) is 12.8. The Kier molecular flexibility index (Phi) is 12.6. The van der Waals surface area contributed by atoms with Crippen molar-refractivity contribution in [3.8, 4) is 44.6 Å². The lowest BCUT2D eigenvalue weighted by Gasteiger charge is -2.13. The minimum Gasteiger partial charge on any atom is -0.249 e. The number of hydrogen-bond acceptors (Lipinski definition) is 9. The summed E-state index contributed by atoms with van der Waals surface area (Å²) in [6.07, 6.45) is 13.7. The molecule has 2 atom stereocenters. The third-order valence-corrected chi connectivity index (χ3v) is 15.3. The fraction of sp³-hybridized carbons (Fsp3) is 0.455. The van der Waals surface area contributed by atoms with Gasteiger partial charge in [-0.05, 0) is 61.8 Å². The van der Waals surface area contributed by atoms with E-state index in [9.17, 15) is 0 Å². The van der Waals surface area contributed by atoms with Crippen molar-refractivity contribution in [2.75, 3.05) is 0 Å². The molecule has 274 valence electrons. The number of hydrogen-bond donors (Lipinski definition) is 0. The van der Waals surface area contributed by atoms with Gasteiger partial charge in [-0.2, -0.15) is 8.75 Å². The van der Waals surface area contributed by atoms with Crippen LogP contribution in [0.4, 0.5) is 0 Å². The molecule has 0 radical (unpaired) electrons. The summed E-state index contributed by atoms with van der Waals surface area (Å²) < 4.78 is 15.0. The van der Waals surface area contributed by atoms with Crippen LogP contribution in [0.1, 0.15) is 127 Å². The fourth-order valence-electron chi connectivity index (χ4n) is 7.12. The summed E-state index contributed by atoms with van der Waals surface area (Å²) in [6.45, 7) is 13.5. The number of aryl methyl sites for hydroxylation is 2. The van der Waals surface area contributed by atoms with E-state index in [2.05, 4.69) is 89.5 Å². The van der Waals surface area contributed by atoms with Crippen LogP contribution in [0.2, 0.25) is 0 Å². The van der Waals surface area contributed by atoms with Crippen LogP contribution in [0.15, 0.2) is 24.3 Å². The van der Waals surface area contributed by atoms with E-state index >= 15 is 0 Å². The third kappa shape index (κ3) is 8.12. The number of thiophene rings is 4. The Morgan fingerprint density at radius 1 is 0.547 bits per heavy atom. The first-order valence-electron chi connectivity index (χ1n) is 19.5. The van der Waals surface area contributed by atoms with Crippen molar-refractivity contribution >= 4 is 97.9 Å². The maximum atomic E-state index is 5.40. The van der Waals surface area contributed by atoms with E-state index < -0.39 is 0 Å². The van der Waals surface area contributed by atoms with Crippen molar-refractivity contribution in [1.82, 2.24) is 18.7 Å². The van der Waals surface area contributed by atoms with E-state index in [4.69, 9.17) is 18.7 Å². The molecular formula is C44H48N4S5. The smallest absolute Gasteiger partial charge is 0.116 e. The quantitative estimate of drug-likeness (QED) is 0.103. The minimum absolute atomic E-state index is 0.698. The van der Waals surface area contributed by atoms with Crippen LogP contribution in [-0.2, 0) is 12.8 Å². The number of benzene rings is 1. The van der Waals surface area contributed by atoms with Crippen LogP contribution in [0.3, 0.4) is 0 Å². The summed E-state index contributed by atoms with van der Waals surface area (Å²) >= 11 is 8.48. The molecule has 6 heterocycles. The third-order valence-electron chi connectivity index (χ3n) is 10.4. The maximum Gasteiger partial charge on any atom is 0.116 e. The van der Waals surface area contributed by atoms with Gasteiger partial charge >= 0.3 is 0 Å². The molecule has 0 aliphatic rings. The monoisotopic (exact) mass is 792 g/mol. The van der Waals surface area contributed by atoms with Gasteiger partial charge in [0, 0.05) is 52.5 Å². The largest absolute Gasteiger partial charge is 0.249 e. The van der Waals surface area contributed by atoms with Crippen molar-refractivity contribution in [2.24, 2.45) is 11.8 Å². The number of unbranched alkanes of at least 4 members (excludes halogenated alkanes) is 2. The summed E-state index contributed by atoms with van der Waals surface area (Å²) in [5.74, 6) is 15.4. The van der Waals surface area contributed by atoms with Gasteiger partial charge < -0.3 is 0 Å². The van der Waals surface area contributed by atoms with Crippen LogP contribution in [0, 0.1) is 35.5 Å². The van der Waals surface area contributed by atoms with Crippen LogP contribution in [0.25, 0.3) is 61.7 Å². The average Bonchev–Trinajstić information content (AvgIpc) is 4.00. The Morgan fingerprint density at radius 2 is 0.981 bits per heavy atom. The summed E-state index contributed by atoms with van der Waals surface area (Å²) in [7, 11) is 0. The molecule has 1 aromatic carbocycles. The van der Waals surface area contributed by atoms with E-state index in [-0.39, 0.29) is 0 Å². The summed E-state index contributed by atoms with van der Waals surface area (Å²) in [6, 6.07) is 9.17. The van der Waals surface area contributed by atoms with Crippen molar-refractivity contribution in [2.45, 2.75) is 119 Å². The van der Waals surface area contributed by atoms with Crippen LogP contribution < -0.4 is 0 Å². The number of rotatable bonds is 14. The SMILES string of the molecule is CCCCC(CC)CC#Cc1cc2sc(-c3c4nsnc4c(-c4cc5sc(C#CCC(CC)CCCC)cc5s4)c4nc(CC)c(CC)nc34)cc2s1. The molecule has 0 spiro atoms. The topological polar surface area (TPSA) is 51.6 Å². The van der Waals surface area contributed by atoms with Crippen molar-refractivity contribution in [3.63, 3.8) is 0 Å². The summed E-state index contributed by atoms with van der Waals surface area (Å²) in [5.41, 5.74) is 7.93. The molecule has 9 heteroatoms. The first kappa shape index (κ1) is 38.1. The summed E-state index contributed by atoms with van der Waals surface area (Å²) in [5, 5.41) is 0. The van der Waals surface area contributed by atoms with Gasteiger partial charge in [0.2, 0.25) is 0 Å². The molecule has 0 aliphatic carbocycles. The van der Waals surface area contributed by atoms with E-state index in [1.807, 2.05) is 22.7 Å². The second-order valence-corrected chi connectivity index (χ2v) is 18.8. The predicted octanol–water partition coefficient (Wildman–Crippen LogP) is 14.6. The van der Waals surface area contributed by atoms with Crippen molar-refractivity contribution in [1.29, 1.82) is 0 Å². The highest BCUT2D eigenvalue weighted by atomic mass is 32.1. The van der Waals surface area contributed by atoms with E-state index in [1.54, 1.807) is 22.7 Å². The van der Waals surface area contributed by atoms with Gasteiger partial charge in [-0.25, -0.2) is 9.97 Å². The van der Waals surface area contributed by atoms with Gasteiger partial charge in [0.05, 0.1) is 32.9 Å². The average molecular weight is 793 g/mol. The number of aromatic nitrogens is 4. The summed E-state index contributed by atoms with van der Waals surface area (Å²) in [4.78, 5) is 15.4. The molecule has 7 aromatic rings. The molecule has 0 amide bonds. The van der Waals surface area contributed by atoms with Gasteiger partial charge in [0.25, 0.3) is 0 Å². The molecule has 4 nitrogen and oxygen atoms in total. The van der Waals surface area contributed by atoms with Crippen molar-refractivity contribution < 1.29 is 0 Å². The van der Waals surface area contributed by atoms with E-state index in [1.165, 1.54) is 91.6 Å². The molecular weight excluding hydrogens is 745 g/mol. The zero-order chi connectivity index (χ0) is 36.9. The Morgan fingerprint density at radius 3 is 1.36 bits per heavy atom. The van der Waals surface area contributed by atoms with Gasteiger partial charge in [-0.1, -0.05) is 104 Å². The molecule has 6 aromatic heterocycles. The Bertz CT molecular complexity index is 2250. The lowest BCUT2D eigenvalue weighted by atomic mass is 9.96. The molecule has 53 heavy (non-hydrogen) atoms. The van der Waals surface area contributed by atoms with Crippen molar-refractivity contribution in [3.05, 3.63) is 45.4 Å². The van der Waals surface area contributed by atoms with Crippen LogP contribution in [-0.4, -0.2) is 18.7 Å². The second-order valence-electron chi connectivity index (χ2n) is 14.0. The van der Waals surface area contributed by atoms with Crippen LogP contribution in [0.5, 0.6) is 0 Å². The Hall–Kier alpha value is -3.18. The van der Waals surface area contributed by atoms with Crippen LogP contribution >= 0.6 is 57.1 Å². The van der Waals surface area contributed by atoms with E-state index in [0.29, 0.717) is 11.8 Å². The molecule has 7 rings (SSSR count). The minimum atomic E-state index is 0.698. The molecule has 0 saturated heterocycles. The standard InChI is InChI=1S/C44H48N4S5/c1-7-13-17-27(9-3)19-15-21-29-23-33-35(49-29)25-37(51-33)39-41-42(46-32(12-6)31(11-5)45-41)40(44-43(39)47-53-48-44)38-26-36-34(52-38)24-30(50-36)22-16-20-28(10-4)18-14-8-2/h23-28H,7-14,17-20H2,1-6H3. The first-order chi connectivity index (χ1) is 26.0. The molecule has 2 unspecified atom stereocenters. The lowest BCUT2D eigenvalue weighted by Crippen LogP contribution is -2.03. The number of nitrogens with zero attached hydrogens (tertiary/aromatic N) is 4. The zero-order valence-electron chi connectivity index (χ0n) is 31.8. The highest BCUT2D eigenvalue weighted by molar-refractivity contribution is 7.30. The maximum absolute atomic E-state index is 5.40.